The molecule has 21 heavy (non-hydrogen) atoms. The fourth-order valence-electron chi connectivity index (χ4n) is 1.87. The predicted octanol–water partition coefficient (Wildman–Crippen LogP) is 2.95. The summed E-state index contributed by atoms with van der Waals surface area (Å²) in [6.45, 7) is 0.657. The zero-order valence-electron chi connectivity index (χ0n) is 11.2. The topological polar surface area (TPSA) is 92.5 Å². The second-order valence-electron chi connectivity index (χ2n) is 4.48. The predicted molar refractivity (Wildman–Crippen MR) is 78.7 cm³/mol. The van der Waals surface area contributed by atoms with Crippen molar-refractivity contribution in [2.75, 3.05) is 11.9 Å². The Hall–Kier alpha value is -2.89. The maximum atomic E-state index is 10.7. The SMILES string of the molecule is O=C(O)c1ccc(NCCc2ccc([N+](=O)[O-])cc2)cc1. The van der Waals surface area contributed by atoms with Crippen LogP contribution < -0.4 is 5.32 Å². The van der Waals surface area contributed by atoms with Crippen LogP contribution >= 0.6 is 0 Å². The van der Waals surface area contributed by atoms with E-state index < -0.39 is 10.9 Å². The molecular formula is C15H14N2O4. The van der Waals surface area contributed by atoms with Gasteiger partial charge in [0.15, 0.2) is 0 Å². The van der Waals surface area contributed by atoms with E-state index in [1.165, 1.54) is 24.3 Å². The first-order valence-corrected chi connectivity index (χ1v) is 6.37. The molecule has 0 saturated carbocycles. The zero-order chi connectivity index (χ0) is 15.2. The van der Waals surface area contributed by atoms with Crippen LogP contribution in [0.4, 0.5) is 11.4 Å². The van der Waals surface area contributed by atoms with E-state index >= 15 is 0 Å². The highest BCUT2D eigenvalue weighted by atomic mass is 16.6. The Kier molecular flexibility index (Phi) is 4.50. The molecular weight excluding hydrogens is 272 g/mol. The van der Waals surface area contributed by atoms with Gasteiger partial charge in [-0.3, -0.25) is 10.1 Å². The highest BCUT2D eigenvalue weighted by molar-refractivity contribution is 5.87. The maximum absolute atomic E-state index is 10.7. The average molecular weight is 286 g/mol. The van der Waals surface area contributed by atoms with Gasteiger partial charge in [-0.2, -0.15) is 0 Å². The van der Waals surface area contributed by atoms with Crippen molar-refractivity contribution in [2.24, 2.45) is 0 Å². The van der Waals surface area contributed by atoms with E-state index in [0.29, 0.717) is 6.54 Å². The fourth-order valence-corrected chi connectivity index (χ4v) is 1.87. The van der Waals surface area contributed by atoms with Crippen LogP contribution in [0.1, 0.15) is 15.9 Å². The molecule has 2 N–H and O–H groups in total. The Morgan fingerprint density at radius 3 is 2.24 bits per heavy atom. The quantitative estimate of drug-likeness (QED) is 0.629. The summed E-state index contributed by atoms with van der Waals surface area (Å²) in [5.41, 5.74) is 2.16. The number of rotatable bonds is 6. The van der Waals surface area contributed by atoms with Crippen molar-refractivity contribution in [1.82, 2.24) is 0 Å². The summed E-state index contributed by atoms with van der Waals surface area (Å²) in [7, 11) is 0. The number of benzene rings is 2. The van der Waals surface area contributed by atoms with Crippen LogP contribution in [0.3, 0.4) is 0 Å². The summed E-state index contributed by atoms with van der Waals surface area (Å²) in [5.74, 6) is -0.951. The summed E-state index contributed by atoms with van der Waals surface area (Å²) in [4.78, 5) is 20.8. The normalized spacial score (nSPS) is 10.1. The second-order valence-corrected chi connectivity index (χ2v) is 4.48. The average Bonchev–Trinajstić information content (AvgIpc) is 2.48. The lowest BCUT2D eigenvalue weighted by Gasteiger charge is -2.06. The van der Waals surface area contributed by atoms with Gasteiger partial charge in [0.2, 0.25) is 0 Å². The molecule has 0 aliphatic heterocycles. The molecule has 2 aromatic carbocycles. The maximum Gasteiger partial charge on any atom is 0.335 e. The van der Waals surface area contributed by atoms with Gasteiger partial charge in [-0.05, 0) is 36.2 Å². The fraction of sp³-hybridized carbons (Fsp3) is 0.133. The molecule has 6 nitrogen and oxygen atoms in total. The lowest BCUT2D eigenvalue weighted by atomic mass is 10.1. The largest absolute Gasteiger partial charge is 0.478 e. The summed E-state index contributed by atoms with van der Waals surface area (Å²) >= 11 is 0. The summed E-state index contributed by atoms with van der Waals surface area (Å²) in [6, 6.07) is 12.9. The monoisotopic (exact) mass is 286 g/mol. The van der Waals surface area contributed by atoms with Crippen LogP contribution in [0.25, 0.3) is 0 Å². The van der Waals surface area contributed by atoms with E-state index in [2.05, 4.69) is 5.32 Å². The molecule has 2 aromatic rings. The molecule has 0 aromatic heterocycles. The molecule has 2 rings (SSSR count). The van der Waals surface area contributed by atoms with E-state index in [1.54, 1.807) is 24.3 Å². The lowest BCUT2D eigenvalue weighted by Crippen LogP contribution is -2.05. The molecule has 0 amide bonds. The van der Waals surface area contributed by atoms with E-state index in [0.717, 1.165) is 17.7 Å². The van der Waals surface area contributed by atoms with Crippen molar-refractivity contribution in [3.05, 3.63) is 69.8 Å². The molecule has 0 aliphatic carbocycles. The van der Waals surface area contributed by atoms with Gasteiger partial charge in [-0.25, -0.2) is 4.79 Å². The second kappa shape index (κ2) is 6.51. The van der Waals surface area contributed by atoms with Crippen LogP contribution in [-0.2, 0) is 6.42 Å². The van der Waals surface area contributed by atoms with Crippen LogP contribution in [0.15, 0.2) is 48.5 Å². The molecule has 0 aliphatic rings. The van der Waals surface area contributed by atoms with Crippen LogP contribution in [0, 0.1) is 10.1 Å². The number of carbonyl (C=O) groups is 1. The molecule has 0 unspecified atom stereocenters. The molecule has 0 fully saturated rings. The minimum absolute atomic E-state index is 0.0796. The Morgan fingerprint density at radius 1 is 1.10 bits per heavy atom. The van der Waals surface area contributed by atoms with Crippen LogP contribution in [0.2, 0.25) is 0 Å². The molecule has 0 heterocycles. The number of nitrogens with one attached hydrogen (secondary N) is 1. The first kappa shape index (κ1) is 14.5. The Morgan fingerprint density at radius 2 is 1.71 bits per heavy atom. The Bertz CT molecular complexity index is 578. The molecule has 6 heteroatoms. The smallest absolute Gasteiger partial charge is 0.335 e. The number of nitro groups is 1. The van der Waals surface area contributed by atoms with Gasteiger partial charge < -0.3 is 10.4 Å². The number of nitrogens with zero attached hydrogens (tertiary/aromatic N) is 1. The van der Waals surface area contributed by atoms with Crippen molar-refractivity contribution in [1.29, 1.82) is 0 Å². The van der Waals surface area contributed by atoms with Gasteiger partial charge in [0.05, 0.1) is 10.5 Å². The van der Waals surface area contributed by atoms with Crippen LogP contribution in [-0.4, -0.2) is 22.5 Å². The number of nitro benzene ring substituents is 1. The highest BCUT2D eigenvalue weighted by Crippen LogP contribution is 2.13. The van der Waals surface area contributed by atoms with E-state index in [4.69, 9.17) is 5.11 Å². The van der Waals surface area contributed by atoms with Gasteiger partial charge in [-0.15, -0.1) is 0 Å². The zero-order valence-corrected chi connectivity index (χ0v) is 11.2. The molecule has 0 saturated heterocycles. The molecule has 0 radical (unpaired) electrons. The van der Waals surface area contributed by atoms with E-state index in [9.17, 15) is 14.9 Å². The Labute approximate surface area is 121 Å². The third-order valence-electron chi connectivity index (χ3n) is 3.02. The third kappa shape index (κ3) is 4.04. The lowest BCUT2D eigenvalue weighted by molar-refractivity contribution is -0.384. The number of carboxylic acids is 1. The minimum Gasteiger partial charge on any atom is -0.478 e. The van der Waals surface area contributed by atoms with Gasteiger partial charge in [0, 0.05) is 24.4 Å². The summed E-state index contributed by atoms with van der Waals surface area (Å²) < 4.78 is 0. The molecule has 108 valence electrons. The van der Waals surface area contributed by atoms with E-state index in [-0.39, 0.29) is 11.3 Å². The van der Waals surface area contributed by atoms with Crippen molar-refractivity contribution in [2.45, 2.75) is 6.42 Å². The minimum atomic E-state index is -0.951. The Balaban J connectivity index is 1.86. The van der Waals surface area contributed by atoms with Gasteiger partial charge in [0.25, 0.3) is 5.69 Å². The molecule has 0 spiro atoms. The summed E-state index contributed by atoms with van der Waals surface area (Å²) in [5, 5.41) is 22.5. The summed E-state index contributed by atoms with van der Waals surface area (Å²) in [6.07, 6.45) is 0.721. The van der Waals surface area contributed by atoms with Gasteiger partial charge in [-0.1, -0.05) is 12.1 Å². The number of hydrogen-bond donors (Lipinski definition) is 2. The van der Waals surface area contributed by atoms with Crippen molar-refractivity contribution < 1.29 is 14.8 Å². The third-order valence-corrected chi connectivity index (χ3v) is 3.02. The van der Waals surface area contributed by atoms with Gasteiger partial charge >= 0.3 is 5.97 Å². The number of anilines is 1. The number of non-ortho nitro benzene ring substituents is 1. The number of hydrogen-bond acceptors (Lipinski definition) is 4. The van der Waals surface area contributed by atoms with Crippen molar-refractivity contribution >= 4 is 17.3 Å². The van der Waals surface area contributed by atoms with E-state index in [1.807, 2.05) is 0 Å². The molecule has 0 bridgehead atoms. The van der Waals surface area contributed by atoms with Crippen molar-refractivity contribution in [3.8, 4) is 0 Å². The first-order valence-electron chi connectivity index (χ1n) is 6.37. The first-order chi connectivity index (χ1) is 10.1. The number of aromatic carboxylic acids is 1. The standard InChI is InChI=1S/C15H14N2O4/c18-15(19)12-3-5-13(6-4-12)16-10-9-11-1-7-14(8-2-11)17(20)21/h1-8,16H,9-10H2,(H,18,19). The van der Waals surface area contributed by atoms with Crippen LogP contribution in [0.5, 0.6) is 0 Å². The van der Waals surface area contributed by atoms with Gasteiger partial charge in [0.1, 0.15) is 0 Å². The number of carboxylic acid groups (broad SMARTS) is 1. The molecule has 0 atom stereocenters. The highest BCUT2D eigenvalue weighted by Gasteiger charge is 2.04. The van der Waals surface area contributed by atoms with Crippen molar-refractivity contribution in [3.63, 3.8) is 0 Å².